The summed E-state index contributed by atoms with van der Waals surface area (Å²) >= 11 is 0. The monoisotopic (exact) mass is 229 g/mol. The summed E-state index contributed by atoms with van der Waals surface area (Å²) < 4.78 is 5.74. The first kappa shape index (κ1) is 11.4. The normalized spacial score (nSPS) is 10.1. The van der Waals surface area contributed by atoms with Gasteiger partial charge >= 0.3 is 0 Å². The molecule has 4 nitrogen and oxygen atoms in total. The van der Waals surface area contributed by atoms with Gasteiger partial charge in [0.15, 0.2) is 0 Å². The van der Waals surface area contributed by atoms with Gasteiger partial charge in [-0.05, 0) is 25.5 Å². The number of rotatable bonds is 3. The van der Waals surface area contributed by atoms with Gasteiger partial charge in [0.1, 0.15) is 17.4 Å². The van der Waals surface area contributed by atoms with E-state index < -0.39 is 0 Å². The zero-order valence-corrected chi connectivity index (χ0v) is 10.2. The number of hydrogen-bond donors (Lipinski definition) is 1. The SMILES string of the molecule is CNc1cc(Oc2ccccc2C)nc(C)n1. The van der Waals surface area contributed by atoms with E-state index in [4.69, 9.17) is 4.74 Å². The molecule has 1 aromatic carbocycles. The van der Waals surface area contributed by atoms with E-state index in [0.717, 1.165) is 17.1 Å². The van der Waals surface area contributed by atoms with Crippen molar-refractivity contribution in [3.63, 3.8) is 0 Å². The van der Waals surface area contributed by atoms with Crippen molar-refractivity contribution in [1.29, 1.82) is 0 Å². The third-order valence-corrected chi connectivity index (χ3v) is 2.38. The molecule has 1 aromatic heterocycles. The highest BCUT2D eigenvalue weighted by molar-refractivity contribution is 5.40. The van der Waals surface area contributed by atoms with Crippen LogP contribution in [0.3, 0.4) is 0 Å². The summed E-state index contributed by atoms with van der Waals surface area (Å²) in [6.45, 7) is 3.84. The minimum Gasteiger partial charge on any atom is -0.439 e. The Balaban J connectivity index is 2.30. The van der Waals surface area contributed by atoms with Crippen molar-refractivity contribution in [2.45, 2.75) is 13.8 Å². The molecule has 1 heterocycles. The van der Waals surface area contributed by atoms with Gasteiger partial charge in [-0.1, -0.05) is 18.2 Å². The second kappa shape index (κ2) is 4.82. The molecule has 0 amide bonds. The van der Waals surface area contributed by atoms with Crippen molar-refractivity contribution < 1.29 is 4.74 Å². The van der Waals surface area contributed by atoms with Gasteiger partial charge in [0.05, 0.1) is 0 Å². The summed E-state index contributed by atoms with van der Waals surface area (Å²) in [5, 5.41) is 2.98. The lowest BCUT2D eigenvalue weighted by Gasteiger charge is -2.09. The second-order valence-electron chi connectivity index (χ2n) is 3.76. The van der Waals surface area contributed by atoms with Crippen LogP contribution in [0.25, 0.3) is 0 Å². The number of benzene rings is 1. The number of anilines is 1. The van der Waals surface area contributed by atoms with Crippen LogP contribution in [-0.2, 0) is 0 Å². The fourth-order valence-electron chi connectivity index (χ4n) is 1.50. The van der Waals surface area contributed by atoms with Crippen LogP contribution in [0.2, 0.25) is 0 Å². The van der Waals surface area contributed by atoms with Gasteiger partial charge in [0.25, 0.3) is 0 Å². The fraction of sp³-hybridized carbons (Fsp3) is 0.231. The number of para-hydroxylation sites is 1. The highest BCUT2D eigenvalue weighted by atomic mass is 16.5. The molecule has 0 aliphatic heterocycles. The molecule has 4 heteroatoms. The lowest BCUT2D eigenvalue weighted by molar-refractivity contribution is 0.457. The molecular weight excluding hydrogens is 214 g/mol. The van der Waals surface area contributed by atoms with E-state index in [1.165, 1.54) is 0 Å². The van der Waals surface area contributed by atoms with Crippen molar-refractivity contribution in [2.75, 3.05) is 12.4 Å². The summed E-state index contributed by atoms with van der Waals surface area (Å²) in [6.07, 6.45) is 0. The molecule has 0 aliphatic carbocycles. The topological polar surface area (TPSA) is 47.0 Å². The molecular formula is C13H15N3O. The van der Waals surface area contributed by atoms with E-state index >= 15 is 0 Å². The van der Waals surface area contributed by atoms with Crippen LogP contribution in [0.15, 0.2) is 30.3 Å². The van der Waals surface area contributed by atoms with Crippen LogP contribution >= 0.6 is 0 Å². The van der Waals surface area contributed by atoms with Gasteiger partial charge < -0.3 is 10.1 Å². The molecule has 0 unspecified atom stereocenters. The minimum atomic E-state index is 0.552. The maximum absolute atomic E-state index is 5.74. The third kappa shape index (κ3) is 2.72. The molecule has 0 aliphatic rings. The predicted molar refractivity (Wildman–Crippen MR) is 67.6 cm³/mol. The van der Waals surface area contributed by atoms with Gasteiger partial charge in [-0.15, -0.1) is 0 Å². The van der Waals surface area contributed by atoms with E-state index in [2.05, 4.69) is 15.3 Å². The molecule has 0 fully saturated rings. The first-order chi connectivity index (χ1) is 8.19. The van der Waals surface area contributed by atoms with Gasteiger partial charge in [-0.25, -0.2) is 4.98 Å². The molecule has 88 valence electrons. The maximum atomic E-state index is 5.74. The van der Waals surface area contributed by atoms with E-state index in [-0.39, 0.29) is 0 Å². The summed E-state index contributed by atoms with van der Waals surface area (Å²) in [5.74, 6) is 2.80. The van der Waals surface area contributed by atoms with E-state index in [0.29, 0.717) is 11.7 Å². The summed E-state index contributed by atoms with van der Waals surface area (Å²) in [6, 6.07) is 9.62. The molecule has 17 heavy (non-hydrogen) atoms. The molecule has 0 bridgehead atoms. The number of nitrogens with zero attached hydrogens (tertiary/aromatic N) is 2. The second-order valence-corrected chi connectivity index (χ2v) is 3.76. The highest BCUT2D eigenvalue weighted by Crippen LogP contribution is 2.24. The molecule has 0 saturated heterocycles. The van der Waals surface area contributed by atoms with Crippen molar-refractivity contribution >= 4 is 5.82 Å². The van der Waals surface area contributed by atoms with Crippen molar-refractivity contribution in [3.8, 4) is 11.6 Å². The van der Waals surface area contributed by atoms with Gasteiger partial charge in [0, 0.05) is 13.1 Å². The molecule has 1 N–H and O–H groups in total. The highest BCUT2D eigenvalue weighted by Gasteiger charge is 2.04. The van der Waals surface area contributed by atoms with Gasteiger partial charge in [0.2, 0.25) is 5.88 Å². The first-order valence-electron chi connectivity index (χ1n) is 5.46. The van der Waals surface area contributed by atoms with Gasteiger partial charge in [-0.2, -0.15) is 4.98 Å². The van der Waals surface area contributed by atoms with Crippen molar-refractivity contribution in [3.05, 3.63) is 41.7 Å². The van der Waals surface area contributed by atoms with Crippen LogP contribution in [0.4, 0.5) is 5.82 Å². The van der Waals surface area contributed by atoms with Crippen LogP contribution in [0, 0.1) is 13.8 Å². The maximum Gasteiger partial charge on any atom is 0.224 e. The Morgan fingerprint density at radius 3 is 2.59 bits per heavy atom. The Hall–Kier alpha value is -2.10. The van der Waals surface area contributed by atoms with Crippen LogP contribution in [0.1, 0.15) is 11.4 Å². The zero-order chi connectivity index (χ0) is 12.3. The number of aromatic nitrogens is 2. The van der Waals surface area contributed by atoms with E-state index in [1.807, 2.05) is 45.2 Å². The Labute approximate surface area is 101 Å². The first-order valence-corrected chi connectivity index (χ1v) is 5.46. The number of ether oxygens (including phenoxy) is 1. The summed E-state index contributed by atoms with van der Waals surface area (Å²) in [7, 11) is 1.82. The Morgan fingerprint density at radius 2 is 1.88 bits per heavy atom. The van der Waals surface area contributed by atoms with Crippen LogP contribution < -0.4 is 10.1 Å². The van der Waals surface area contributed by atoms with Crippen LogP contribution in [0.5, 0.6) is 11.6 Å². The largest absolute Gasteiger partial charge is 0.439 e. The molecule has 0 atom stereocenters. The lowest BCUT2D eigenvalue weighted by Crippen LogP contribution is -1.99. The average Bonchev–Trinajstić information content (AvgIpc) is 2.31. The molecule has 0 spiro atoms. The van der Waals surface area contributed by atoms with Crippen molar-refractivity contribution in [2.24, 2.45) is 0 Å². The Morgan fingerprint density at radius 1 is 1.12 bits per heavy atom. The number of nitrogens with one attached hydrogen (secondary N) is 1. The van der Waals surface area contributed by atoms with Gasteiger partial charge in [-0.3, -0.25) is 0 Å². The minimum absolute atomic E-state index is 0.552. The zero-order valence-electron chi connectivity index (χ0n) is 10.2. The smallest absolute Gasteiger partial charge is 0.224 e. The summed E-state index contributed by atoms with van der Waals surface area (Å²) in [4.78, 5) is 8.46. The van der Waals surface area contributed by atoms with E-state index in [1.54, 1.807) is 6.07 Å². The standard InChI is InChI=1S/C13H15N3O/c1-9-6-4-5-7-11(9)17-13-8-12(14-3)15-10(2)16-13/h4-8H,1-3H3,(H,14,15,16). The van der Waals surface area contributed by atoms with E-state index in [9.17, 15) is 0 Å². The fourth-order valence-corrected chi connectivity index (χ4v) is 1.50. The number of aryl methyl sites for hydroxylation is 2. The lowest BCUT2D eigenvalue weighted by atomic mass is 10.2. The third-order valence-electron chi connectivity index (χ3n) is 2.38. The molecule has 2 rings (SSSR count). The molecule has 2 aromatic rings. The quantitative estimate of drug-likeness (QED) is 0.879. The Bertz CT molecular complexity index is 526. The average molecular weight is 229 g/mol. The predicted octanol–water partition coefficient (Wildman–Crippen LogP) is 2.93. The molecule has 0 radical (unpaired) electrons. The van der Waals surface area contributed by atoms with Crippen LogP contribution in [-0.4, -0.2) is 17.0 Å². The van der Waals surface area contributed by atoms with Crippen molar-refractivity contribution in [1.82, 2.24) is 9.97 Å². The summed E-state index contributed by atoms with van der Waals surface area (Å²) in [5.41, 5.74) is 1.08. The Kier molecular flexibility index (Phi) is 3.23. The molecule has 0 saturated carbocycles. The number of hydrogen-bond acceptors (Lipinski definition) is 4.